The van der Waals surface area contributed by atoms with Crippen molar-refractivity contribution in [1.82, 2.24) is 0 Å². The smallest absolute Gasteiger partial charge is 0.338 e. The van der Waals surface area contributed by atoms with Crippen molar-refractivity contribution >= 4 is 11.9 Å². The minimum Gasteiger partial charge on any atom is -0.462 e. The van der Waals surface area contributed by atoms with E-state index in [1.165, 1.54) is 24.0 Å². The van der Waals surface area contributed by atoms with Gasteiger partial charge in [0.15, 0.2) is 0 Å². The molecule has 0 spiro atoms. The van der Waals surface area contributed by atoms with Gasteiger partial charge in [-0.1, -0.05) is 56.0 Å². The van der Waals surface area contributed by atoms with Crippen LogP contribution in [0.25, 0.3) is 0 Å². The van der Waals surface area contributed by atoms with Crippen molar-refractivity contribution < 1.29 is 33.6 Å². The Labute approximate surface area is 276 Å². The van der Waals surface area contributed by atoms with Gasteiger partial charge in [-0.2, -0.15) is 0 Å². The number of esters is 2. The number of aryl methyl sites for hydroxylation is 1. The maximum Gasteiger partial charge on any atom is 0.338 e. The van der Waals surface area contributed by atoms with Gasteiger partial charge in [0.2, 0.25) is 0 Å². The van der Waals surface area contributed by atoms with Gasteiger partial charge in [0, 0.05) is 6.61 Å². The van der Waals surface area contributed by atoms with Gasteiger partial charge in [-0.25, -0.2) is 14.6 Å². The summed E-state index contributed by atoms with van der Waals surface area (Å²) >= 11 is 0. The van der Waals surface area contributed by atoms with Crippen LogP contribution < -0.4 is 4.74 Å². The Morgan fingerprint density at radius 3 is 2.07 bits per heavy atom. The SMILES string of the molecule is CCCCCOOCC1CCC(C(=O)Oc2ccc(C(=O)OCCCCCCOC3CCC(c4ccc(C)cc4)CC3)cc2)CC1. The molecular formula is C39H56O7. The average molecular weight is 637 g/mol. The summed E-state index contributed by atoms with van der Waals surface area (Å²) in [6, 6.07) is 15.6. The monoisotopic (exact) mass is 636 g/mol. The van der Waals surface area contributed by atoms with Crippen LogP contribution in [0.2, 0.25) is 0 Å². The van der Waals surface area contributed by atoms with Crippen LogP contribution in [-0.2, 0) is 24.0 Å². The molecule has 2 saturated carbocycles. The highest BCUT2D eigenvalue weighted by molar-refractivity contribution is 5.89. The van der Waals surface area contributed by atoms with Crippen LogP contribution in [0.4, 0.5) is 0 Å². The molecule has 7 nitrogen and oxygen atoms in total. The van der Waals surface area contributed by atoms with Gasteiger partial charge in [0.1, 0.15) is 5.75 Å². The van der Waals surface area contributed by atoms with E-state index >= 15 is 0 Å². The van der Waals surface area contributed by atoms with Crippen molar-refractivity contribution in [3.05, 3.63) is 65.2 Å². The number of unbranched alkanes of at least 4 members (excludes halogenated alkanes) is 5. The molecule has 2 aliphatic carbocycles. The molecule has 0 aromatic heterocycles. The molecule has 0 saturated heterocycles. The minimum absolute atomic E-state index is 0.109. The molecular weight excluding hydrogens is 580 g/mol. The summed E-state index contributed by atoms with van der Waals surface area (Å²) in [7, 11) is 0. The number of ether oxygens (including phenoxy) is 3. The van der Waals surface area contributed by atoms with Crippen molar-refractivity contribution in [1.29, 1.82) is 0 Å². The summed E-state index contributed by atoms with van der Waals surface area (Å²) in [5.74, 6) is 0.876. The Hall–Kier alpha value is -2.74. The van der Waals surface area contributed by atoms with Crippen molar-refractivity contribution in [2.75, 3.05) is 26.4 Å². The number of carbonyl (C=O) groups excluding carboxylic acids is 2. The third-order valence-corrected chi connectivity index (χ3v) is 9.56. The van der Waals surface area contributed by atoms with Crippen molar-refractivity contribution in [2.24, 2.45) is 11.8 Å². The fourth-order valence-electron chi connectivity index (χ4n) is 6.49. The molecule has 0 unspecified atom stereocenters. The first-order valence-corrected chi connectivity index (χ1v) is 17.9. The lowest BCUT2D eigenvalue weighted by molar-refractivity contribution is -0.302. The topological polar surface area (TPSA) is 80.3 Å². The van der Waals surface area contributed by atoms with E-state index in [4.69, 9.17) is 24.0 Å². The Morgan fingerprint density at radius 1 is 0.696 bits per heavy atom. The molecule has 0 heterocycles. The fourth-order valence-corrected chi connectivity index (χ4v) is 6.49. The van der Waals surface area contributed by atoms with Crippen LogP contribution in [0.5, 0.6) is 5.75 Å². The molecule has 2 aliphatic rings. The summed E-state index contributed by atoms with van der Waals surface area (Å²) < 4.78 is 17.2. The maximum atomic E-state index is 12.7. The number of rotatable bonds is 19. The first kappa shape index (κ1) is 36.1. The van der Waals surface area contributed by atoms with Gasteiger partial charge in [0.05, 0.1) is 37.4 Å². The lowest BCUT2D eigenvalue weighted by atomic mass is 9.82. The first-order chi connectivity index (χ1) is 22.5. The summed E-state index contributed by atoms with van der Waals surface area (Å²) in [4.78, 5) is 35.8. The Kier molecular flexibility index (Phi) is 16.1. The van der Waals surface area contributed by atoms with E-state index in [0.717, 1.165) is 90.1 Å². The third kappa shape index (κ3) is 12.8. The van der Waals surface area contributed by atoms with Gasteiger partial charge in [-0.15, -0.1) is 0 Å². The highest BCUT2D eigenvalue weighted by atomic mass is 17.2. The Bertz CT molecular complexity index is 1130. The van der Waals surface area contributed by atoms with Crippen molar-refractivity contribution in [3.8, 4) is 5.75 Å². The van der Waals surface area contributed by atoms with Crippen LogP contribution in [0, 0.1) is 18.8 Å². The Balaban J connectivity index is 0.994. The van der Waals surface area contributed by atoms with E-state index in [1.807, 2.05) is 0 Å². The summed E-state index contributed by atoms with van der Waals surface area (Å²) in [5, 5.41) is 0. The van der Waals surface area contributed by atoms with Crippen molar-refractivity contribution in [2.45, 2.75) is 122 Å². The van der Waals surface area contributed by atoms with Crippen LogP contribution in [-0.4, -0.2) is 44.5 Å². The Morgan fingerprint density at radius 2 is 1.37 bits per heavy atom. The van der Waals surface area contributed by atoms with Crippen LogP contribution in [0.3, 0.4) is 0 Å². The van der Waals surface area contributed by atoms with E-state index in [9.17, 15) is 9.59 Å². The zero-order valence-corrected chi connectivity index (χ0v) is 28.2. The van der Waals surface area contributed by atoms with E-state index in [-0.39, 0.29) is 17.9 Å². The summed E-state index contributed by atoms with van der Waals surface area (Å²) in [6.07, 6.45) is 15.8. The van der Waals surface area contributed by atoms with E-state index in [2.05, 4.69) is 38.1 Å². The lowest BCUT2D eigenvalue weighted by Gasteiger charge is -2.29. The molecule has 254 valence electrons. The van der Waals surface area contributed by atoms with Gasteiger partial charge >= 0.3 is 11.9 Å². The van der Waals surface area contributed by atoms with Gasteiger partial charge in [-0.3, -0.25) is 4.79 Å². The van der Waals surface area contributed by atoms with Gasteiger partial charge < -0.3 is 14.2 Å². The normalized spacial score (nSPS) is 21.5. The predicted octanol–water partition coefficient (Wildman–Crippen LogP) is 9.31. The summed E-state index contributed by atoms with van der Waals surface area (Å²) in [5.41, 5.74) is 3.25. The van der Waals surface area contributed by atoms with Crippen LogP contribution in [0.1, 0.15) is 131 Å². The van der Waals surface area contributed by atoms with E-state index in [1.54, 1.807) is 24.3 Å². The van der Waals surface area contributed by atoms with Gasteiger partial charge in [0.25, 0.3) is 0 Å². The standard InChI is InChI=1S/C39H56O7/c1-3-4-7-28-44-45-29-31-12-16-35(17-13-31)39(41)46-37-24-20-34(21-25-37)38(40)43-27-9-6-5-8-26-42-36-22-18-33(19-23-36)32-14-10-30(2)11-15-32/h10-11,14-15,20-21,24-25,31,33,35-36H,3-9,12-13,16-19,22-23,26-29H2,1-2H3. The molecule has 0 radical (unpaired) electrons. The zero-order valence-electron chi connectivity index (χ0n) is 28.2. The lowest BCUT2D eigenvalue weighted by Crippen LogP contribution is -2.27. The largest absolute Gasteiger partial charge is 0.462 e. The molecule has 7 heteroatoms. The number of hydrogen-bond acceptors (Lipinski definition) is 7. The van der Waals surface area contributed by atoms with E-state index < -0.39 is 0 Å². The molecule has 0 amide bonds. The number of benzene rings is 2. The van der Waals surface area contributed by atoms with Gasteiger partial charge in [-0.05, 0) is 126 Å². The third-order valence-electron chi connectivity index (χ3n) is 9.56. The molecule has 0 N–H and O–H groups in total. The first-order valence-electron chi connectivity index (χ1n) is 17.9. The zero-order chi connectivity index (χ0) is 32.4. The molecule has 0 atom stereocenters. The predicted molar refractivity (Wildman–Crippen MR) is 180 cm³/mol. The average Bonchev–Trinajstić information content (AvgIpc) is 3.08. The van der Waals surface area contributed by atoms with Crippen LogP contribution >= 0.6 is 0 Å². The molecule has 0 aliphatic heterocycles. The second-order valence-electron chi connectivity index (χ2n) is 13.3. The molecule has 2 aromatic carbocycles. The second-order valence-corrected chi connectivity index (χ2v) is 13.3. The molecule has 2 fully saturated rings. The second kappa shape index (κ2) is 20.5. The van der Waals surface area contributed by atoms with E-state index in [0.29, 0.717) is 49.1 Å². The molecule has 4 rings (SSSR count). The highest BCUT2D eigenvalue weighted by Gasteiger charge is 2.28. The maximum absolute atomic E-state index is 12.7. The fraction of sp³-hybridized carbons (Fsp3) is 0.641. The highest BCUT2D eigenvalue weighted by Crippen LogP contribution is 2.34. The molecule has 0 bridgehead atoms. The van der Waals surface area contributed by atoms with Crippen molar-refractivity contribution in [3.63, 3.8) is 0 Å². The number of hydrogen-bond donors (Lipinski definition) is 0. The minimum atomic E-state index is -0.350. The molecule has 2 aromatic rings. The number of carbonyl (C=O) groups is 2. The quantitative estimate of drug-likeness (QED) is 0.0500. The summed E-state index contributed by atoms with van der Waals surface area (Å²) in [6.45, 7) is 6.73. The molecule has 46 heavy (non-hydrogen) atoms. The van der Waals surface area contributed by atoms with Crippen LogP contribution in [0.15, 0.2) is 48.5 Å².